The van der Waals surface area contributed by atoms with Crippen LogP contribution in [-0.4, -0.2) is 5.78 Å². The Labute approximate surface area is 69.2 Å². The van der Waals surface area contributed by atoms with Crippen LogP contribution < -0.4 is 0 Å². The van der Waals surface area contributed by atoms with E-state index in [2.05, 4.69) is 27.7 Å². The number of hydrogen-bond acceptors (Lipinski definition) is 1. The van der Waals surface area contributed by atoms with Gasteiger partial charge in [0.1, 0.15) is 5.78 Å². The Balaban J connectivity index is 2.70. The summed E-state index contributed by atoms with van der Waals surface area (Å²) in [6.45, 7) is 8.76. The van der Waals surface area contributed by atoms with Crippen molar-refractivity contribution in [3.8, 4) is 0 Å². The van der Waals surface area contributed by atoms with Crippen LogP contribution in [0.3, 0.4) is 0 Å². The van der Waals surface area contributed by atoms with Gasteiger partial charge < -0.3 is 0 Å². The molecule has 0 amide bonds. The molecule has 1 nitrogen and oxygen atoms in total. The third-order valence-electron chi connectivity index (χ3n) is 3.22. The average Bonchev–Trinajstić information content (AvgIpc) is 1.83. The van der Waals surface area contributed by atoms with Gasteiger partial charge >= 0.3 is 0 Å². The molecule has 0 aromatic carbocycles. The summed E-state index contributed by atoms with van der Waals surface area (Å²) < 4.78 is 0. The van der Waals surface area contributed by atoms with E-state index in [-0.39, 0.29) is 0 Å². The van der Waals surface area contributed by atoms with Crippen molar-refractivity contribution in [3.63, 3.8) is 0 Å². The van der Waals surface area contributed by atoms with Gasteiger partial charge in [-0.05, 0) is 17.8 Å². The van der Waals surface area contributed by atoms with Crippen molar-refractivity contribution in [3.05, 3.63) is 0 Å². The van der Waals surface area contributed by atoms with E-state index in [1.807, 2.05) is 0 Å². The van der Waals surface area contributed by atoms with Crippen molar-refractivity contribution in [1.82, 2.24) is 0 Å². The Morgan fingerprint density at radius 2 is 1.91 bits per heavy atom. The lowest BCUT2D eigenvalue weighted by Crippen LogP contribution is -2.35. The first-order valence-electron chi connectivity index (χ1n) is 4.46. The molecule has 1 fully saturated rings. The van der Waals surface area contributed by atoms with E-state index in [1.165, 1.54) is 0 Å². The van der Waals surface area contributed by atoms with Crippen molar-refractivity contribution in [2.24, 2.45) is 17.3 Å². The van der Waals surface area contributed by atoms with Gasteiger partial charge in [-0.25, -0.2) is 0 Å². The molecule has 0 aliphatic heterocycles. The topological polar surface area (TPSA) is 17.1 Å². The fourth-order valence-corrected chi connectivity index (χ4v) is 1.88. The van der Waals surface area contributed by atoms with E-state index >= 15 is 0 Å². The van der Waals surface area contributed by atoms with Crippen LogP contribution >= 0.6 is 0 Å². The largest absolute Gasteiger partial charge is 0.299 e. The van der Waals surface area contributed by atoms with Gasteiger partial charge in [0.2, 0.25) is 0 Å². The third-order valence-corrected chi connectivity index (χ3v) is 3.22. The van der Waals surface area contributed by atoms with Crippen LogP contribution in [-0.2, 0) is 4.79 Å². The molecule has 64 valence electrons. The minimum atomic E-state index is 0.293. The molecule has 0 bridgehead atoms. The highest BCUT2D eigenvalue weighted by atomic mass is 16.1. The summed E-state index contributed by atoms with van der Waals surface area (Å²) in [7, 11) is 0. The van der Waals surface area contributed by atoms with Gasteiger partial charge in [-0.1, -0.05) is 27.7 Å². The summed E-state index contributed by atoms with van der Waals surface area (Å²) in [5.41, 5.74) is 0.368. The fourth-order valence-electron chi connectivity index (χ4n) is 1.88. The number of Topliss-reactive ketones (excluding diaryl/α,β-unsaturated/α-hetero) is 1. The Kier molecular flexibility index (Phi) is 2.08. The Hall–Kier alpha value is -0.330. The predicted octanol–water partition coefficient (Wildman–Crippen LogP) is 2.65. The highest BCUT2D eigenvalue weighted by molar-refractivity contribution is 5.81. The summed E-state index contributed by atoms with van der Waals surface area (Å²) in [5.74, 6) is 1.31. The Morgan fingerprint density at radius 3 is 2.36 bits per heavy atom. The molecule has 1 aliphatic carbocycles. The summed E-state index contributed by atoms with van der Waals surface area (Å²) >= 11 is 0. The highest BCUT2D eigenvalue weighted by Gasteiger charge is 2.36. The van der Waals surface area contributed by atoms with Crippen LogP contribution in [0.4, 0.5) is 0 Å². The van der Waals surface area contributed by atoms with Crippen molar-refractivity contribution in [2.75, 3.05) is 0 Å². The average molecular weight is 154 g/mol. The molecule has 1 rings (SSSR count). The van der Waals surface area contributed by atoms with Crippen molar-refractivity contribution >= 4 is 5.78 Å². The van der Waals surface area contributed by atoms with Crippen molar-refractivity contribution in [1.29, 1.82) is 0 Å². The summed E-state index contributed by atoms with van der Waals surface area (Å²) in [5, 5.41) is 0. The van der Waals surface area contributed by atoms with Gasteiger partial charge in [0.05, 0.1) is 0 Å². The lowest BCUT2D eigenvalue weighted by molar-refractivity contribution is -0.128. The molecule has 0 unspecified atom stereocenters. The van der Waals surface area contributed by atoms with Gasteiger partial charge in [-0.3, -0.25) is 4.79 Å². The van der Waals surface area contributed by atoms with E-state index < -0.39 is 0 Å². The quantitative estimate of drug-likeness (QED) is 0.524. The van der Waals surface area contributed by atoms with E-state index in [0.29, 0.717) is 23.0 Å². The fraction of sp³-hybridized carbons (Fsp3) is 0.900. The number of ketones is 1. The van der Waals surface area contributed by atoms with Crippen LogP contribution in [0.1, 0.15) is 40.5 Å². The van der Waals surface area contributed by atoms with Crippen LogP contribution in [0.2, 0.25) is 0 Å². The zero-order valence-electron chi connectivity index (χ0n) is 7.98. The molecule has 1 aliphatic rings. The number of hydrogen-bond donors (Lipinski definition) is 0. The second-order valence-corrected chi connectivity index (χ2v) is 4.67. The van der Waals surface area contributed by atoms with E-state index in [1.54, 1.807) is 0 Å². The molecule has 0 radical (unpaired) electrons. The van der Waals surface area contributed by atoms with Crippen molar-refractivity contribution < 1.29 is 4.79 Å². The summed E-state index contributed by atoms with van der Waals surface area (Å²) in [4.78, 5) is 11.3. The smallest absolute Gasteiger partial charge is 0.136 e. The molecule has 0 N–H and O–H groups in total. The predicted molar refractivity (Wildman–Crippen MR) is 46.4 cm³/mol. The van der Waals surface area contributed by atoms with Gasteiger partial charge in [-0.15, -0.1) is 0 Å². The normalized spacial score (nSPS) is 37.3. The maximum atomic E-state index is 11.3. The molecule has 1 saturated carbocycles. The second kappa shape index (κ2) is 2.62. The minimum Gasteiger partial charge on any atom is -0.299 e. The molecule has 1 heteroatoms. The second-order valence-electron chi connectivity index (χ2n) is 4.67. The molecule has 2 atom stereocenters. The number of carbonyl (C=O) groups excluding carboxylic acids is 1. The van der Waals surface area contributed by atoms with Crippen LogP contribution in [0.25, 0.3) is 0 Å². The molecule has 11 heavy (non-hydrogen) atoms. The minimum absolute atomic E-state index is 0.293. The van der Waals surface area contributed by atoms with Gasteiger partial charge in [0.25, 0.3) is 0 Å². The molecule has 0 aromatic rings. The van der Waals surface area contributed by atoms with Gasteiger partial charge in [0, 0.05) is 12.3 Å². The SMILES string of the molecule is C[C@H]1CC(C)(C)[C@@H](C)CC1=O. The Bertz CT molecular complexity index is 170. The molecular weight excluding hydrogens is 136 g/mol. The molecule has 0 saturated heterocycles. The Morgan fingerprint density at radius 1 is 1.36 bits per heavy atom. The van der Waals surface area contributed by atoms with Gasteiger partial charge in [-0.2, -0.15) is 0 Å². The summed E-state index contributed by atoms with van der Waals surface area (Å²) in [6.07, 6.45) is 1.85. The first kappa shape index (κ1) is 8.76. The lowest BCUT2D eigenvalue weighted by Gasteiger charge is -2.38. The summed E-state index contributed by atoms with van der Waals surface area (Å²) in [6, 6.07) is 0. The standard InChI is InChI=1S/C10H18O/c1-7-6-10(3,4)8(2)5-9(7)11/h7-8H,5-6H2,1-4H3/t7-,8-/m0/s1. The zero-order valence-corrected chi connectivity index (χ0v) is 7.98. The maximum absolute atomic E-state index is 11.3. The van der Waals surface area contributed by atoms with Crippen LogP contribution in [0, 0.1) is 17.3 Å². The van der Waals surface area contributed by atoms with Gasteiger partial charge in [0.15, 0.2) is 0 Å². The van der Waals surface area contributed by atoms with E-state index in [9.17, 15) is 4.79 Å². The first-order valence-corrected chi connectivity index (χ1v) is 4.46. The maximum Gasteiger partial charge on any atom is 0.136 e. The lowest BCUT2D eigenvalue weighted by atomic mass is 9.66. The monoisotopic (exact) mass is 154 g/mol. The first-order chi connectivity index (χ1) is 4.93. The van der Waals surface area contributed by atoms with Crippen molar-refractivity contribution in [2.45, 2.75) is 40.5 Å². The number of rotatable bonds is 0. The van der Waals surface area contributed by atoms with Crippen LogP contribution in [0.15, 0.2) is 0 Å². The van der Waals surface area contributed by atoms with E-state index in [4.69, 9.17) is 0 Å². The number of carbonyl (C=O) groups is 1. The molecule has 0 spiro atoms. The van der Waals surface area contributed by atoms with E-state index in [0.717, 1.165) is 12.8 Å². The third kappa shape index (κ3) is 1.63. The molecule has 0 aromatic heterocycles. The zero-order chi connectivity index (χ0) is 8.65. The molecular formula is C10H18O. The molecule has 0 heterocycles. The highest BCUT2D eigenvalue weighted by Crippen LogP contribution is 2.40. The van der Waals surface area contributed by atoms with Crippen LogP contribution in [0.5, 0.6) is 0 Å².